The third kappa shape index (κ3) is 4.00. The molecule has 1 saturated heterocycles. The first-order chi connectivity index (χ1) is 8.75. The summed E-state index contributed by atoms with van der Waals surface area (Å²) >= 11 is 0. The van der Waals surface area contributed by atoms with Crippen LogP contribution in [-0.2, 0) is 0 Å². The van der Waals surface area contributed by atoms with Gasteiger partial charge in [-0.2, -0.15) is 0 Å². The number of likely N-dealkylation sites (tertiary alicyclic amines) is 1. The predicted octanol–water partition coefficient (Wildman–Crippen LogP) is 2.00. The van der Waals surface area contributed by atoms with E-state index in [4.69, 9.17) is 4.74 Å². The van der Waals surface area contributed by atoms with Crippen LogP contribution in [0, 0.1) is 5.92 Å². The summed E-state index contributed by atoms with van der Waals surface area (Å²) in [6, 6.07) is 10.6. The quantitative estimate of drug-likeness (QED) is 0.807. The number of nitrogens with zero attached hydrogens (tertiary/aromatic N) is 1. The summed E-state index contributed by atoms with van der Waals surface area (Å²) in [6.07, 6.45) is 1.24. The van der Waals surface area contributed by atoms with Crippen molar-refractivity contribution in [3.8, 4) is 5.75 Å². The molecule has 0 aliphatic carbocycles. The van der Waals surface area contributed by atoms with E-state index in [1.165, 1.54) is 19.5 Å². The smallest absolute Gasteiger partial charge is 0.119 e. The second-order valence-electron chi connectivity index (χ2n) is 5.25. The van der Waals surface area contributed by atoms with Gasteiger partial charge in [0.25, 0.3) is 0 Å². The van der Waals surface area contributed by atoms with E-state index in [1.807, 2.05) is 30.3 Å². The van der Waals surface area contributed by atoms with E-state index in [9.17, 15) is 0 Å². The molecule has 0 radical (unpaired) electrons. The fraction of sp³-hybridized carbons (Fsp3) is 0.600. The first-order valence-electron chi connectivity index (χ1n) is 6.85. The highest BCUT2D eigenvalue weighted by atomic mass is 16.5. The monoisotopic (exact) mass is 248 g/mol. The zero-order chi connectivity index (χ0) is 12.8. The zero-order valence-corrected chi connectivity index (χ0v) is 11.4. The molecule has 1 fully saturated rings. The van der Waals surface area contributed by atoms with E-state index in [2.05, 4.69) is 24.2 Å². The molecule has 1 N–H and O–H groups in total. The average Bonchev–Trinajstić information content (AvgIpc) is 2.38. The molecule has 1 aromatic rings. The molecule has 18 heavy (non-hydrogen) atoms. The Labute approximate surface area is 110 Å². The fourth-order valence-electron chi connectivity index (χ4n) is 2.59. The maximum absolute atomic E-state index is 5.68. The highest BCUT2D eigenvalue weighted by Gasteiger charge is 2.23. The van der Waals surface area contributed by atoms with Crippen molar-refractivity contribution in [1.29, 1.82) is 0 Å². The molecule has 0 saturated carbocycles. The van der Waals surface area contributed by atoms with Crippen LogP contribution in [0.2, 0.25) is 0 Å². The van der Waals surface area contributed by atoms with Gasteiger partial charge in [-0.1, -0.05) is 25.1 Å². The minimum atomic E-state index is 0.639. The van der Waals surface area contributed by atoms with Crippen molar-refractivity contribution in [2.24, 2.45) is 5.92 Å². The Morgan fingerprint density at radius 3 is 2.83 bits per heavy atom. The van der Waals surface area contributed by atoms with Crippen LogP contribution in [0.5, 0.6) is 5.75 Å². The molecule has 1 heterocycles. The molecule has 2 atom stereocenters. The van der Waals surface area contributed by atoms with Crippen LogP contribution in [0.1, 0.15) is 13.3 Å². The third-order valence-corrected chi connectivity index (χ3v) is 3.63. The number of nitrogens with one attached hydrogen (secondary N) is 1. The molecule has 0 amide bonds. The summed E-state index contributed by atoms with van der Waals surface area (Å²) in [4.78, 5) is 2.41. The molecule has 2 rings (SSSR count). The van der Waals surface area contributed by atoms with E-state index in [-0.39, 0.29) is 0 Å². The number of para-hydroxylation sites is 1. The molecule has 3 nitrogen and oxygen atoms in total. The third-order valence-electron chi connectivity index (χ3n) is 3.63. The van der Waals surface area contributed by atoms with E-state index >= 15 is 0 Å². The maximum atomic E-state index is 5.68. The van der Waals surface area contributed by atoms with E-state index in [0.29, 0.717) is 6.04 Å². The van der Waals surface area contributed by atoms with Gasteiger partial charge >= 0.3 is 0 Å². The Hall–Kier alpha value is -1.06. The number of piperidine rings is 1. The topological polar surface area (TPSA) is 24.5 Å². The molecule has 1 aliphatic rings. The van der Waals surface area contributed by atoms with Gasteiger partial charge in [0.15, 0.2) is 0 Å². The lowest BCUT2D eigenvalue weighted by atomic mass is 9.94. The van der Waals surface area contributed by atoms with Crippen molar-refractivity contribution in [3.05, 3.63) is 30.3 Å². The summed E-state index contributed by atoms with van der Waals surface area (Å²) in [5.74, 6) is 1.68. The van der Waals surface area contributed by atoms with E-state index in [0.717, 1.165) is 24.8 Å². The van der Waals surface area contributed by atoms with Gasteiger partial charge in [-0.15, -0.1) is 0 Å². The molecular formula is C15H24N2O. The normalized spacial score (nSPS) is 25.0. The lowest BCUT2D eigenvalue weighted by Crippen LogP contribution is -2.47. The number of hydrogen-bond donors (Lipinski definition) is 1. The average molecular weight is 248 g/mol. The van der Waals surface area contributed by atoms with Crippen LogP contribution in [0.4, 0.5) is 0 Å². The zero-order valence-electron chi connectivity index (χ0n) is 11.4. The molecule has 0 aromatic heterocycles. The van der Waals surface area contributed by atoms with Gasteiger partial charge in [-0.05, 0) is 38.1 Å². The highest BCUT2D eigenvalue weighted by molar-refractivity contribution is 5.20. The van der Waals surface area contributed by atoms with Crippen LogP contribution in [-0.4, -0.2) is 44.2 Å². The van der Waals surface area contributed by atoms with Gasteiger partial charge in [0, 0.05) is 19.1 Å². The summed E-state index contributed by atoms with van der Waals surface area (Å²) in [6.45, 7) is 6.38. The molecule has 1 aliphatic heterocycles. The maximum Gasteiger partial charge on any atom is 0.119 e. The number of rotatable bonds is 5. The van der Waals surface area contributed by atoms with Crippen molar-refractivity contribution in [3.63, 3.8) is 0 Å². The molecule has 1 aromatic carbocycles. The summed E-state index contributed by atoms with van der Waals surface area (Å²) < 4.78 is 5.68. The van der Waals surface area contributed by atoms with Gasteiger partial charge in [0.05, 0.1) is 0 Å². The molecule has 3 heteroatoms. The Bertz CT molecular complexity index is 342. The van der Waals surface area contributed by atoms with Gasteiger partial charge in [-0.3, -0.25) is 0 Å². The SMILES string of the molecule is CC1CN(C)CCC1NCCOc1ccccc1. The fourth-order valence-corrected chi connectivity index (χ4v) is 2.59. The summed E-state index contributed by atoms with van der Waals surface area (Å²) in [7, 11) is 2.20. The van der Waals surface area contributed by atoms with Gasteiger partial charge in [0.1, 0.15) is 12.4 Å². The Morgan fingerprint density at radius 2 is 2.11 bits per heavy atom. The van der Waals surface area contributed by atoms with Gasteiger partial charge in [0.2, 0.25) is 0 Å². The lowest BCUT2D eigenvalue weighted by molar-refractivity contribution is 0.170. The predicted molar refractivity (Wildman–Crippen MR) is 75.0 cm³/mol. The number of benzene rings is 1. The summed E-state index contributed by atoms with van der Waals surface area (Å²) in [5, 5.41) is 3.61. The molecule has 100 valence electrons. The second kappa shape index (κ2) is 6.76. The Kier molecular flexibility index (Phi) is 5.02. The van der Waals surface area contributed by atoms with Crippen molar-refractivity contribution < 1.29 is 4.74 Å². The van der Waals surface area contributed by atoms with Crippen LogP contribution >= 0.6 is 0 Å². The van der Waals surface area contributed by atoms with Gasteiger partial charge < -0.3 is 15.0 Å². The lowest BCUT2D eigenvalue weighted by Gasteiger charge is -2.35. The van der Waals surface area contributed by atoms with Crippen LogP contribution < -0.4 is 10.1 Å². The molecular weight excluding hydrogens is 224 g/mol. The minimum Gasteiger partial charge on any atom is -0.492 e. The van der Waals surface area contributed by atoms with Crippen LogP contribution in [0.3, 0.4) is 0 Å². The highest BCUT2D eigenvalue weighted by Crippen LogP contribution is 2.15. The van der Waals surface area contributed by atoms with Crippen molar-refractivity contribution in [2.75, 3.05) is 33.3 Å². The molecule has 0 spiro atoms. The van der Waals surface area contributed by atoms with E-state index in [1.54, 1.807) is 0 Å². The number of ether oxygens (including phenoxy) is 1. The molecule has 2 unspecified atom stereocenters. The standard InChI is InChI=1S/C15H24N2O/c1-13-12-17(2)10-8-15(13)16-9-11-18-14-6-4-3-5-7-14/h3-7,13,15-16H,8-12H2,1-2H3. The Balaban J connectivity index is 1.64. The van der Waals surface area contributed by atoms with Crippen LogP contribution in [0.15, 0.2) is 30.3 Å². The second-order valence-corrected chi connectivity index (χ2v) is 5.25. The minimum absolute atomic E-state index is 0.639. The number of hydrogen-bond acceptors (Lipinski definition) is 3. The van der Waals surface area contributed by atoms with Crippen LogP contribution in [0.25, 0.3) is 0 Å². The Morgan fingerprint density at radius 1 is 1.33 bits per heavy atom. The summed E-state index contributed by atoms with van der Waals surface area (Å²) in [5.41, 5.74) is 0. The first-order valence-corrected chi connectivity index (χ1v) is 6.85. The van der Waals surface area contributed by atoms with E-state index < -0.39 is 0 Å². The first kappa shape index (κ1) is 13.4. The van der Waals surface area contributed by atoms with Gasteiger partial charge in [-0.25, -0.2) is 0 Å². The van der Waals surface area contributed by atoms with Crippen molar-refractivity contribution in [1.82, 2.24) is 10.2 Å². The van der Waals surface area contributed by atoms with Crippen molar-refractivity contribution >= 4 is 0 Å². The molecule has 0 bridgehead atoms. The largest absolute Gasteiger partial charge is 0.492 e. The van der Waals surface area contributed by atoms with Crippen molar-refractivity contribution in [2.45, 2.75) is 19.4 Å².